The summed E-state index contributed by atoms with van der Waals surface area (Å²) in [5.41, 5.74) is 1.37. The van der Waals surface area contributed by atoms with Crippen LogP contribution in [0.4, 0.5) is 13.2 Å². The van der Waals surface area contributed by atoms with E-state index in [-0.39, 0.29) is 17.7 Å². The van der Waals surface area contributed by atoms with Gasteiger partial charge in [-0.1, -0.05) is 30.3 Å². The Bertz CT molecular complexity index is 1330. The number of halogens is 3. The number of carbonyl (C=O) groups is 2. The molecular weight excluding hydrogens is 537 g/mol. The topological polar surface area (TPSA) is 65.5 Å². The van der Waals surface area contributed by atoms with Gasteiger partial charge in [0.1, 0.15) is 5.69 Å². The third-order valence-electron chi connectivity index (χ3n) is 8.00. The van der Waals surface area contributed by atoms with Crippen LogP contribution in [0, 0.1) is 0 Å². The predicted octanol–water partition coefficient (Wildman–Crippen LogP) is 6.06. The summed E-state index contributed by atoms with van der Waals surface area (Å²) in [6.07, 6.45) is 0.378. The Balaban J connectivity index is 1.17. The summed E-state index contributed by atoms with van der Waals surface area (Å²) in [6.45, 7) is 2.83. The summed E-state index contributed by atoms with van der Waals surface area (Å²) in [7, 11) is 2.13. The zero-order chi connectivity index (χ0) is 28.3. The first kappa shape index (κ1) is 28.3. The van der Waals surface area contributed by atoms with Gasteiger partial charge in [0.05, 0.1) is 10.6 Å². The van der Waals surface area contributed by atoms with Crippen molar-refractivity contribution in [2.75, 3.05) is 33.2 Å². The number of rotatable bonds is 7. The fourth-order valence-electron chi connectivity index (χ4n) is 5.63. The van der Waals surface area contributed by atoms with E-state index in [0.717, 1.165) is 42.9 Å². The largest absolute Gasteiger partial charge is 0.416 e. The molecule has 5 rings (SSSR count). The summed E-state index contributed by atoms with van der Waals surface area (Å²) in [6, 6.07) is 12.4. The number of nitrogens with zero attached hydrogens (tertiary/aromatic N) is 3. The highest BCUT2D eigenvalue weighted by molar-refractivity contribution is 7.09. The van der Waals surface area contributed by atoms with Crippen LogP contribution in [0.15, 0.2) is 53.9 Å². The molecule has 3 aromatic rings. The number of piperidine rings is 1. The van der Waals surface area contributed by atoms with Crippen LogP contribution in [0.3, 0.4) is 0 Å². The summed E-state index contributed by atoms with van der Waals surface area (Å²) < 4.78 is 39.0. The van der Waals surface area contributed by atoms with Crippen LogP contribution in [-0.4, -0.2) is 65.9 Å². The summed E-state index contributed by atoms with van der Waals surface area (Å²) in [5.74, 6) is -0.107. The van der Waals surface area contributed by atoms with Crippen molar-refractivity contribution < 1.29 is 22.8 Å². The molecular formula is C30H33F3N4O2S. The van der Waals surface area contributed by atoms with Crippen LogP contribution in [-0.2, 0) is 6.18 Å². The van der Waals surface area contributed by atoms with Crippen molar-refractivity contribution in [3.8, 4) is 11.1 Å². The first-order valence-corrected chi connectivity index (χ1v) is 14.6. The Morgan fingerprint density at radius 3 is 2.42 bits per heavy atom. The molecule has 3 heterocycles. The normalized spacial score (nSPS) is 18.7. The molecule has 1 atom stereocenters. The van der Waals surface area contributed by atoms with Gasteiger partial charge in [0.15, 0.2) is 0 Å². The number of hydrogen-bond acceptors (Lipinski definition) is 5. The molecule has 6 nitrogen and oxygen atoms in total. The minimum atomic E-state index is -4.41. The number of benzene rings is 2. The summed E-state index contributed by atoms with van der Waals surface area (Å²) in [4.78, 5) is 34.8. The van der Waals surface area contributed by atoms with E-state index in [1.54, 1.807) is 29.2 Å². The van der Waals surface area contributed by atoms with Crippen molar-refractivity contribution in [2.45, 2.75) is 50.2 Å². The van der Waals surface area contributed by atoms with E-state index >= 15 is 0 Å². The molecule has 2 fully saturated rings. The van der Waals surface area contributed by atoms with Crippen LogP contribution in [0.1, 0.15) is 69.4 Å². The molecule has 1 N–H and O–H groups in total. The molecule has 40 heavy (non-hydrogen) atoms. The van der Waals surface area contributed by atoms with Gasteiger partial charge in [-0.15, -0.1) is 11.3 Å². The number of alkyl halides is 3. The van der Waals surface area contributed by atoms with E-state index in [2.05, 4.69) is 22.2 Å². The molecule has 212 valence electrons. The number of hydrogen-bond donors (Lipinski definition) is 1. The number of nitrogens with one attached hydrogen (secondary N) is 1. The lowest BCUT2D eigenvalue weighted by Crippen LogP contribution is -2.38. The number of carbonyl (C=O) groups excluding carboxylic acids is 2. The van der Waals surface area contributed by atoms with Gasteiger partial charge < -0.3 is 15.1 Å². The maximum absolute atomic E-state index is 13.4. The molecule has 0 radical (unpaired) electrons. The predicted molar refractivity (Wildman–Crippen MR) is 149 cm³/mol. The number of likely N-dealkylation sites (tertiary alicyclic amines) is 2. The Morgan fingerprint density at radius 2 is 1.75 bits per heavy atom. The van der Waals surface area contributed by atoms with Gasteiger partial charge in [-0.2, -0.15) is 13.2 Å². The molecule has 0 bridgehead atoms. The fraction of sp³-hybridized carbons (Fsp3) is 0.433. The third kappa shape index (κ3) is 6.39. The van der Waals surface area contributed by atoms with E-state index in [0.29, 0.717) is 48.1 Å². The molecule has 2 aromatic carbocycles. The first-order valence-electron chi connectivity index (χ1n) is 13.7. The second-order valence-corrected chi connectivity index (χ2v) is 11.5. The Morgan fingerprint density at radius 1 is 1.02 bits per heavy atom. The average Bonchev–Trinajstić information content (AvgIpc) is 3.62. The fourth-order valence-corrected chi connectivity index (χ4v) is 6.60. The van der Waals surface area contributed by atoms with Crippen molar-refractivity contribution in [2.24, 2.45) is 0 Å². The Labute approximate surface area is 236 Å². The summed E-state index contributed by atoms with van der Waals surface area (Å²) >= 11 is 1.49. The molecule has 0 saturated carbocycles. The SMILES string of the molecule is CN1CCCC1CCNC(=O)c1csc(C2CCN(C(=O)c3ccccc3-c3ccc(C(F)(F)F)cc3)CC2)n1. The standard InChI is InChI=1S/C30H33F3N4O2S/c1-36-16-4-5-23(36)12-15-34-27(38)26-19-40-28(35-26)21-13-17-37(18-14-21)29(39)25-7-3-2-6-24(25)20-8-10-22(11-9-20)30(31,32)33/h2-3,6-11,19,21,23H,4-5,12-18H2,1H3,(H,34,38). The monoisotopic (exact) mass is 570 g/mol. The van der Waals surface area contributed by atoms with Gasteiger partial charge in [0, 0.05) is 42.5 Å². The van der Waals surface area contributed by atoms with Gasteiger partial charge in [0.25, 0.3) is 11.8 Å². The Kier molecular flexibility index (Phi) is 8.56. The zero-order valence-corrected chi connectivity index (χ0v) is 23.2. The smallest absolute Gasteiger partial charge is 0.351 e. The molecule has 2 aliphatic rings. The van der Waals surface area contributed by atoms with Crippen molar-refractivity contribution in [3.63, 3.8) is 0 Å². The van der Waals surface area contributed by atoms with Gasteiger partial charge in [-0.05, 0) is 75.0 Å². The zero-order valence-electron chi connectivity index (χ0n) is 22.4. The minimum absolute atomic E-state index is 0.138. The summed E-state index contributed by atoms with van der Waals surface area (Å²) in [5, 5.41) is 5.73. The highest BCUT2D eigenvalue weighted by Crippen LogP contribution is 2.34. The molecule has 2 aliphatic heterocycles. The van der Waals surface area contributed by atoms with Gasteiger partial charge in [-0.3, -0.25) is 9.59 Å². The molecule has 2 amide bonds. The van der Waals surface area contributed by atoms with E-state index in [1.807, 2.05) is 5.38 Å². The van der Waals surface area contributed by atoms with Crippen LogP contribution in [0.5, 0.6) is 0 Å². The van der Waals surface area contributed by atoms with E-state index < -0.39 is 11.7 Å². The van der Waals surface area contributed by atoms with Crippen molar-refractivity contribution in [1.29, 1.82) is 0 Å². The Hall–Kier alpha value is -3.24. The van der Waals surface area contributed by atoms with Crippen molar-refractivity contribution >= 4 is 23.2 Å². The highest BCUT2D eigenvalue weighted by Gasteiger charge is 2.31. The second kappa shape index (κ2) is 12.1. The molecule has 1 unspecified atom stereocenters. The van der Waals surface area contributed by atoms with E-state index in [4.69, 9.17) is 0 Å². The highest BCUT2D eigenvalue weighted by atomic mass is 32.1. The number of thiazole rings is 1. The lowest BCUT2D eigenvalue weighted by molar-refractivity contribution is -0.137. The average molecular weight is 571 g/mol. The van der Waals surface area contributed by atoms with Crippen LogP contribution < -0.4 is 5.32 Å². The quantitative estimate of drug-likeness (QED) is 0.375. The van der Waals surface area contributed by atoms with Crippen LogP contribution >= 0.6 is 11.3 Å². The van der Waals surface area contributed by atoms with Gasteiger partial charge in [-0.25, -0.2) is 4.98 Å². The van der Waals surface area contributed by atoms with Gasteiger partial charge in [0.2, 0.25) is 0 Å². The minimum Gasteiger partial charge on any atom is -0.351 e. The number of aromatic nitrogens is 1. The molecule has 0 spiro atoms. The first-order chi connectivity index (χ1) is 19.2. The maximum atomic E-state index is 13.4. The van der Waals surface area contributed by atoms with Crippen LogP contribution in [0.2, 0.25) is 0 Å². The molecule has 10 heteroatoms. The molecule has 1 aromatic heterocycles. The maximum Gasteiger partial charge on any atom is 0.416 e. The van der Waals surface area contributed by atoms with Gasteiger partial charge >= 0.3 is 6.18 Å². The molecule has 2 saturated heterocycles. The van der Waals surface area contributed by atoms with Crippen LogP contribution in [0.25, 0.3) is 11.1 Å². The third-order valence-corrected chi connectivity index (χ3v) is 9.01. The molecule has 0 aliphatic carbocycles. The van der Waals surface area contributed by atoms with Crippen molar-refractivity contribution in [1.82, 2.24) is 20.1 Å². The lowest BCUT2D eigenvalue weighted by Gasteiger charge is -2.31. The van der Waals surface area contributed by atoms with Crippen molar-refractivity contribution in [3.05, 3.63) is 75.7 Å². The number of amides is 2. The second-order valence-electron chi connectivity index (χ2n) is 10.6. The van der Waals surface area contributed by atoms with E-state index in [1.165, 1.54) is 36.3 Å². The lowest BCUT2D eigenvalue weighted by atomic mass is 9.94. The van der Waals surface area contributed by atoms with E-state index in [9.17, 15) is 22.8 Å².